The second-order valence-corrected chi connectivity index (χ2v) is 3.63. The molecule has 5 atom stereocenters. The molecule has 0 bridgehead atoms. The van der Waals surface area contributed by atoms with E-state index in [1.807, 2.05) is 0 Å². The Kier molecular flexibility index (Phi) is 3.37. The Balaban J connectivity index is 2.63. The van der Waals surface area contributed by atoms with Gasteiger partial charge in [0.05, 0.1) is 30.2 Å². The van der Waals surface area contributed by atoms with Crippen LogP contribution in [0.2, 0.25) is 0 Å². The Hall–Kier alpha value is 0.190. The van der Waals surface area contributed by atoms with Crippen LogP contribution < -0.4 is 0 Å². The molecule has 2 unspecified atom stereocenters. The minimum atomic E-state index is -0.936. The van der Waals surface area contributed by atoms with E-state index in [-0.39, 0.29) is 6.61 Å². The van der Waals surface area contributed by atoms with E-state index in [1.54, 1.807) is 6.92 Å². The molecular formula is C7H14O4S. The Bertz CT molecular complexity index is 150. The van der Waals surface area contributed by atoms with Crippen LogP contribution >= 0.6 is 12.6 Å². The summed E-state index contributed by atoms with van der Waals surface area (Å²) in [6.07, 6.45) is -2.81. The van der Waals surface area contributed by atoms with Gasteiger partial charge in [-0.1, -0.05) is 0 Å². The molecule has 4 nitrogen and oxygen atoms in total. The highest BCUT2D eigenvalue weighted by atomic mass is 32.1. The number of hydrogen-bond acceptors (Lipinski definition) is 5. The van der Waals surface area contributed by atoms with Crippen molar-refractivity contribution in [1.29, 1.82) is 0 Å². The summed E-state index contributed by atoms with van der Waals surface area (Å²) in [6, 6.07) is 0. The maximum absolute atomic E-state index is 9.40. The monoisotopic (exact) mass is 194 g/mol. The third kappa shape index (κ3) is 1.75. The number of aliphatic hydroxyl groups is 3. The number of thiol groups is 1. The first-order valence-corrected chi connectivity index (χ1v) is 4.40. The fourth-order valence-electron chi connectivity index (χ4n) is 1.29. The van der Waals surface area contributed by atoms with Crippen molar-refractivity contribution in [2.75, 3.05) is 6.61 Å². The highest BCUT2D eigenvalue weighted by Crippen LogP contribution is 2.24. The van der Waals surface area contributed by atoms with Crippen molar-refractivity contribution in [3.63, 3.8) is 0 Å². The van der Waals surface area contributed by atoms with E-state index in [9.17, 15) is 10.2 Å². The molecule has 1 aliphatic heterocycles. The highest BCUT2D eigenvalue weighted by Gasteiger charge is 2.40. The van der Waals surface area contributed by atoms with Crippen LogP contribution in [0.15, 0.2) is 0 Å². The van der Waals surface area contributed by atoms with Gasteiger partial charge >= 0.3 is 0 Å². The zero-order valence-corrected chi connectivity index (χ0v) is 7.69. The van der Waals surface area contributed by atoms with Gasteiger partial charge in [-0.15, -0.1) is 0 Å². The molecule has 0 aromatic carbocycles. The largest absolute Gasteiger partial charge is 0.394 e. The van der Waals surface area contributed by atoms with Gasteiger partial charge < -0.3 is 20.1 Å². The lowest BCUT2D eigenvalue weighted by Gasteiger charge is -2.39. The predicted octanol–water partition coefficient (Wildman–Crippen LogP) is -1.21. The Morgan fingerprint density at radius 2 is 1.92 bits per heavy atom. The van der Waals surface area contributed by atoms with Crippen molar-refractivity contribution >= 4 is 12.6 Å². The van der Waals surface area contributed by atoms with E-state index < -0.39 is 29.7 Å². The van der Waals surface area contributed by atoms with Gasteiger partial charge in [-0.2, -0.15) is 12.6 Å². The van der Waals surface area contributed by atoms with E-state index in [0.29, 0.717) is 0 Å². The lowest BCUT2D eigenvalue weighted by molar-refractivity contribution is -0.165. The van der Waals surface area contributed by atoms with Gasteiger partial charge in [-0.05, 0) is 6.92 Å². The third-order valence-electron chi connectivity index (χ3n) is 2.13. The topological polar surface area (TPSA) is 69.9 Å². The first-order chi connectivity index (χ1) is 5.57. The average molecular weight is 194 g/mol. The van der Waals surface area contributed by atoms with Gasteiger partial charge in [-0.25, -0.2) is 0 Å². The molecule has 0 saturated carbocycles. The smallest absolute Gasteiger partial charge is 0.107 e. The van der Waals surface area contributed by atoms with E-state index in [4.69, 9.17) is 9.84 Å². The molecule has 72 valence electrons. The lowest BCUT2D eigenvalue weighted by Crippen LogP contribution is -2.55. The molecule has 0 aliphatic carbocycles. The van der Waals surface area contributed by atoms with Gasteiger partial charge in [0.2, 0.25) is 0 Å². The summed E-state index contributed by atoms with van der Waals surface area (Å²) in [5, 5.41) is 27.0. The number of hydrogen-bond donors (Lipinski definition) is 4. The molecule has 0 aromatic heterocycles. The van der Waals surface area contributed by atoms with Gasteiger partial charge in [-0.3, -0.25) is 0 Å². The summed E-state index contributed by atoms with van der Waals surface area (Å²) in [5.74, 6) is 0. The first kappa shape index (κ1) is 10.3. The Labute approximate surface area is 76.6 Å². The van der Waals surface area contributed by atoms with Crippen molar-refractivity contribution in [1.82, 2.24) is 0 Å². The molecule has 1 rings (SSSR count). The summed E-state index contributed by atoms with van der Waals surface area (Å²) < 4.78 is 5.19. The summed E-state index contributed by atoms with van der Waals surface area (Å²) in [5.41, 5.74) is 0. The van der Waals surface area contributed by atoms with E-state index >= 15 is 0 Å². The van der Waals surface area contributed by atoms with E-state index in [2.05, 4.69) is 12.6 Å². The van der Waals surface area contributed by atoms with Crippen LogP contribution in [-0.4, -0.2) is 51.6 Å². The molecule has 3 N–H and O–H groups in total. The molecule has 0 radical (unpaired) electrons. The van der Waals surface area contributed by atoms with Crippen molar-refractivity contribution in [2.24, 2.45) is 0 Å². The molecule has 1 fully saturated rings. The normalized spacial score (nSPS) is 49.2. The van der Waals surface area contributed by atoms with Gasteiger partial charge in [0, 0.05) is 0 Å². The fraction of sp³-hybridized carbons (Fsp3) is 1.00. The molecular weight excluding hydrogens is 180 g/mol. The number of aliphatic hydroxyl groups excluding tert-OH is 3. The van der Waals surface area contributed by atoms with Crippen LogP contribution in [0.4, 0.5) is 0 Å². The van der Waals surface area contributed by atoms with Crippen LogP contribution in [0.1, 0.15) is 6.92 Å². The molecule has 0 spiro atoms. The van der Waals surface area contributed by atoms with Gasteiger partial charge in [0.15, 0.2) is 0 Å². The maximum Gasteiger partial charge on any atom is 0.107 e. The Morgan fingerprint density at radius 3 is 2.42 bits per heavy atom. The van der Waals surface area contributed by atoms with Crippen molar-refractivity contribution in [2.45, 2.75) is 36.6 Å². The van der Waals surface area contributed by atoms with Crippen LogP contribution in [0, 0.1) is 0 Å². The maximum atomic E-state index is 9.40. The molecule has 0 aromatic rings. The van der Waals surface area contributed by atoms with E-state index in [1.165, 1.54) is 0 Å². The standard InChI is InChI=1S/C7H14O4S/c1-3-5(9)6(10)7(12)4(2-8)11-3/h3-10,12H,2H2,1H3/t3-,4?,5-,6?,7-/m0/s1. The molecule has 5 heteroatoms. The second-order valence-electron chi connectivity index (χ2n) is 3.03. The first-order valence-electron chi connectivity index (χ1n) is 3.88. The summed E-state index contributed by atoms with van der Waals surface area (Å²) in [6.45, 7) is 1.46. The SMILES string of the molecule is C[C@@H]1OC(CO)[C@H](S)C(O)[C@H]1O. The highest BCUT2D eigenvalue weighted by molar-refractivity contribution is 7.81. The molecule has 1 saturated heterocycles. The van der Waals surface area contributed by atoms with Crippen LogP contribution in [0.5, 0.6) is 0 Å². The van der Waals surface area contributed by atoms with Crippen LogP contribution in [0.25, 0.3) is 0 Å². The van der Waals surface area contributed by atoms with Crippen LogP contribution in [0.3, 0.4) is 0 Å². The molecule has 1 heterocycles. The lowest BCUT2D eigenvalue weighted by atomic mass is 9.98. The van der Waals surface area contributed by atoms with Crippen LogP contribution in [-0.2, 0) is 4.74 Å². The quantitative estimate of drug-likeness (QED) is 0.395. The van der Waals surface area contributed by atoms with Crippen molar-refractivity contribution in [3.05, 3.63) is 0 Å². The van der Waals surface area contributed by atoms with Gasteiger partial charge in [0.25, 0.3) is 0 Å². The minimum absolute atomic E-state index is 0.192. The zero-order chi connectivity index (χ0) is 9.30. The minimum Gasteiger partial charge on any atom is -0.394 e. The van der Waals surface area contributed by atoms with Gasteiger partial charge in [0.1, 0.15) is 6.10 Å². The zero-order valence-electron chi connectivity index (χ0n) is 6.79. The summed E-state index contributed by atoms with van der Waals surface area (Å²) in [4.78, 5) is 0. The molecule has 1 aliphatic rings. The second kappa shape index (κ2) is 3.93. The fourth-order valence-corrected chi connectivity index (χ4v) is 1.63. The average Bonchev–Trinajstić information content (AvgIpc) is 2.08. The summed E-state index contributed by atoms with van der Waals surface area (Å²) in [7, 11) is 0. The third-order valence-corrected chi connectivity index (χ3v) is 2.77. The van der Waals surface area contributed by atoms with Crippen molar-refractivity contribution in [3.8, 4) is 0 Å². The number of ether oxygens (including phenoxy) is 1. The van der Waals surface area contributed by atoms with Crippen molar-refractivity contribution < 1.29 is 20.1 Å². The molecule has 0 amide bonds. The van der Waals surface area contributed by atoms with E-state index in [0.717, 1.165) is 0 Å². The number of rotatable bonds is 1. The predicted molar refractivity (Wildman–Crippen MR) is 46.2 cm³/mol. The summed E-state index contributed by atoms with van der Waals surface area (Å²) >= 11 is 4.04. The Morgan fingerprint density at radius 1 is 1.33 bits per heavy atom. The molecule has 12 heavy (non-hydrogen) atoms.